The molecule has 122 valence electrons. The van der Waals surface area contributed by atoms with E-state index in [1.807, 2.05) is 36.4 Å². The summed E-state index contributed by atoms with van der Waals surface area (Å²) < 4.78 is 0.688. The second kappa shape index (κ2) is 6.63. The Bertz CT molecular complexity index is 1060. The molecule has 6 heteroatoms. The van der Waals surface area contributed by atoms with Gasteiger partial charge >= 0.3 is 0 Å². The maximum Gasteiger partial charge on any atom is 0.256 e. The van der Waals surface area contributed by atoms with E-state index in [1.54, 1.807) is 30.6 Å². The number of thiophene rings is 1. The number of aromatic nitrogens is 2. The van der Waals surface area contributed by atoms with Gasteiger partial charge < -0.3 is 5.32 Å². The molecule has 4 nitrogen and oxygen atoms in total. The largest absolute Gasteiger partial charge is 0.322 e. The van der Waals surface area contributed by atoms with Crippen LogP contribution in [-0.2, 0) is 0 Å². The topological polar surface area (TPSA) is 54.9 Å². The molecule has 3 heterocycles. The normalized spacial score (nSPS) is 10.8. The first-order valence-electron chi connectivity index (χ1n) is 7.57. The number of halogens is 1. The van der Waals surface area contributed by atoms with Crippen LogP contribution in [0.5, 0.6) is 0 Å². The van der Waals surface area contributed by atoms with E-state index >= 15 is 0 Å². The van der Waals surface area contributed by atoms with Gasteiger partial charge in [-0.25, -0.2) is 4.98 Å². The van der Waals surface area contributed by atoms with Crippen molar-refractivity contribution in [1.29, 1.82) is 0 Å². The zero-order chi connectivity index (χ0) is 17.2. The summed E-state index contributed by atoms with van der Waals surface area (Å²) in [7, 11) is 0. The highest BCUT2D eigenvalue weighted by Gasteiger charge is 2.15. The number of anilines is 1. The third-order valence-corrected chi connectivity index (χ3v) is 4.98. The number of carbonyl (C=O) groups excluding carboxylic acids is 1. The van der Waals surface area contributed by atoms with Gasteiger partial charge in [0.1, 0.15) is 0 Å². The van der Waals surface area contributed by atoms with Gasteiger partial charge in [-0.2, -0.15) is 0 Å². The Hall–Kier alpha value is -2.76. The zero-order valence-electron chi connectivity index (χ0n) is 12.9. The van der Waals surface area contributed by atoms with Crippen molar-refractivity contribution < 1.29 is 4.79 Å². The van der Waals surface area contributed by atoms with Gasteiger partial charge in [0, 0.05) is 23.5 Å². The summed E-state index contributed by atoms with van der Waals surface area (Å²) in [5.41, 5.74) is 2.77. The Morgan fingerprint density at radius 1 is 1.04 bits per heavy atom. The van der Waals surface area contributed by atoms with E-state index in [9.17, 15) is 4.79 Å². The number of fused-ring (bicyclic) bond motifs is 1. The summed E-state index contributed by atoms with van der Waals surface area (Å²) in [5.74, 6) is -0.186. The molecule has 4 rings (SSSR count). The third-order valence-electron chi connectivity index (χ3n) is 3.72. The molecule has 3 aromatic heterocycles. The number of nitrogens with one attached hydrogen (secondary N) is 1. The van der Waals surface area contributed by atoms with E-state index in [0.29, 0.717) is 15.6 Å². The Kier molecular flexibility index (Phi) is 4.17. The first-order valence-corrected chi connectivity index (χ1v) is 8.77. The predicted molar refractivity (Wildman–Crippen MR) is 102 cm³/mol. The van der Waals surface area contributed by atoms with Gasteiger partial charge in [0.25, 0.3) is 5.91 Å². The Labute approximate surface area is 153 Å². The fraction of sp³-hybridized carbons (Fsp3) is 0. The highest BCUT2D eigenvalue weighted by Crippen LogP contribution is 2.32. The molecule has 1 amide bonds. The molecule has 4 aromatic rings. The Morgan fingerprint density at radius 2 is 1.84 bits per heavy atom. The van der Waals surface area contributed by atoms with E-state index in [1.165, 1.54) is 11.3 Å². The minimum Gasteiger partial charge on any atom is -0.322 e. The zero-order valence-corrected chi connectivity index (χ0v) is 14.5. The lowest BCUT2D eigenvalue weighted by Crippen LogP contribution is -2.13. The van der Waals surface area contributed by atoms with Gasteiger partial charge in [-0.3, -0.25) is 9.78 Å². The number of benzene rings is 1. The summed E-state index contributed by atoms with van der Waals surface area (Å²) in [5, 5.41) is 3.71. The van der Waals surface area contributed by atoms with Crippen molar-refractivity contribution in [2.24, 2.45) is 0 Å². The molecular formula is C19H12ClN3OS. The lowest BCUT2D eigenvalue weighted by atomic mass is 10.1. The molecule has 0 saturated heterocycles. The summed E-state index contributed by atoms with van der Waals surface area (Å²) >= 11 is 7.48. The van der Waals surface area contributed by atoms with Crippen molar-refractivity contribution in [2.45, 2.75) is 0 Å². The molecule has 1 N–H and O–H groups in total. The van der Waals surface area contributed by atoms with Gasteiger partial charge in [-0.15, -0.1) is 11.3 Å². The lowest BCUT2D eigenvalue weighted by Gasteiger charge is -2.10. The van der Waals surface area contributed by atoms with E-state index in [2.05, 4.69) is 15.3 Å². The quantitative estimate of drug-likeness (QED) is 0.538. The highest BCUT2D eigenvalue weighted by molar-refractivity contribution is 7.19. The van der Waals surface area contributed by atoms with Crippen LogP contribution in [0.25, 0.3) is 21.5 Å². The van der Waals surface area contributed by atoms with Crippen molar-refractivity contribution >= 4 is 45.4 Å². The van der Waals surface area contributed by atoms with Gasteiger partial charge in [0.2, 0.25) is 0 Å². The van der Waals surface area contributed by atoms with Crippen LogP contribution >= 0.6 is 22.9 Å². The molecule has 0 saturated carbocycles. The van der Waals surface area contributed by atoms with Crippen molar-refractivity contribution in [3.05, 3.63) is 76.9 Å². The van der Waals surface area contributed by atoms with Gasteiger partial charge in [0.15, 0.2) is 0 Å². The molecule has 0 atom stereocenters. The Balaban J connectivity index is 1.82. The molecule has 0 aliphatic rings. The Morgan fingerprint density at radius 3 is 2.60 bits per heavy atom. The molecule has 1 aromatic carbocycles. The van der Waals surface area contributed by atoms with Crippen LogP contribution in [0.15, 0.2) is 67.0 Å². The van der Waals surface area contributed by atoms with Crippen LogP contribution in [-0.4, -0.2) is 15.9 Å². The maximum atomic E-state index is 12.8. The van der Waals surface area contributed by atoms with E-state index < -0.39 is 0 Å². The standard InChI is InChI=1S/C19H12ClN3OS/c20-18-6-5-17(25-18)16-11-14(13-3-1-2-4-15(13)23-16)19(24)22-12-7-9-21-10-8-12/h1-11H,(H,21,22,24). The molecule has 0 spiro atoms. The SMILES string of the molecule is O=C(Nc1ccncc1)c1cc(-c2ccc(Cl)s2)nc2ccccc12. The van der Waals surface area contributed by atoms with Gasteiger partial charge in [-0.1, -0.05) is 29.8 Å². The molecule has 0 aliphatic heterocycles. The number of carbonyl (C=O) groups is 1. The average molecular weight is 366 g/mol. The predicted octanol–water partition coefficient (Wildman–Crippen LogP) is 5.26. The van der Waals surface area contributed by atoms with Crippen LogP contribution < -0.4 is 5.32 Å². The van der Waals surface area contributed by atoms with E-state index in [-0.39, 0.29) is 5.91 Å². The minimum absolute atomic E-state index is 0.186. The molecule has 0 fully saturated rings. The second-order valence-electron chi connectivity index (χ2n) is 5.37. The highest BCUT2D eigenvalue weighted by atomic mass is 35.5. The molecule has 0 aliphatic carbocycles. The fourth-order valence-electron chi connectivity index (χ4n) is 2.58. The molecule has 0 bridgehead atoms. The number of para-hydroxylation sites is 1. The second-order valence-corrected chi connectivity index (χ2v) is 7.08. The molecule has 0 radical (unpaired) electrons. The summed E-state index contributed by atoms with van der Waals surface area (Å²) in [4.78, 5) is 22.4. The first-order chi connectivity index (χ1) is 12.2. The van der Waals surface area contributed by atoms with Crippen LogP contribution in [0.4, 0.5) is 5.69 Å². The van der Waals surface area contributed by atoms with Crippen molar-refractivity contribution in [1.82, 2.24) is 9.97 Å². The minimum atomic E-state index is -0.186. The summed E-state index contributed by atoms with van der Waals surface area (Å²) in [6.45, 7) is 0. The summed E-state index contributed by atoms with van der Waals surface area (Å²) in [6.07, 6.45) is 3.28. The van der Waals surface area contributed by atoms with E-state index in [0.717, 1.165) is 21.5 Å². The van der Waals surface area contributed by atoms with Crippen LogP contribution in [0.2, 0.25) is 4.34 Å². The summed E-state index contributed by atoms with van der Waals surface area (Å²) in [6, 6.07) is 16.7. The molecule has 25 heavy (non-hydrogen) atoms. The van der Waals surface area contributed by atoms with Gasteiger partial charge in [-0.05, 0) is 36.4 Å². The average Bonchev–Trinajstić information content (AvgIpc) is 3.08. The monoisotopic (exact) mass is 365 g/mol. The van der Waals surface area contributed by atoms with Crippen molar-refractivity contribution in [3.8, 4) is 10.6 Å². The van der Waals surface area contributed by atoms with Crippen molar-refractivity contribution in [2.75, 3.05) is 5.32 Å². The number of rotatable bonds is 3. The smallest absolute Gasteiger partial charge is 0.256 e. The van der Waals surface area contributed by atoms with Crippen LogP contribution in [0, 0.1) is 0 Å². The number of hydrogen-bond donors (Lipinski definition) is 1. The third kappa shape index (κ3) is 3.24. The number of hydrogen-bond acceptors (Lipinski definition) is 4. The van der Waals surface area contributed by atoms with Crippen LogP contribution in [0.1, 0.15) is 10.4 Å². The van der Waals surface area contributed by atoms with Crippen LogP contribution in [0.3, 0.4) is 0 Å². The number of pyridine rings is 2. The number of amides is 1. The molecular weight excluding hydrogens is 354 g/mol. The van der Waals surface area contributed by atoms with Crippen molar-refractivity contribution in [3.63, 3.8) is 0 Å². The first kappa shape index (κ1) is 15.7. The number of nitrogens with zero attached hydrogens (tertiary/aromatic N) is 2. The lowest BCUT2D eigenvalue weighted by molar-refractivity contribution is 0.102. The van der Waals surface area contributed by atoms with Gasteiger partial charge in [0.05, 0.1) is 26.0 Å². The molecule has 0 unspecified atom stereocenters. The fourth-order valence-corrected chi connectivity index (χ4v) is 3.58. The maximum absolute atomic E-state index is 12.8. The van der Waals surface area contributed by atoms with E-state index in [4.69, 9.17) is 11.6 Å².